The summed E-state index contributed by atoms with van der Waals surface area (Å²) in [6.07, 6.45) is 1.67. The molecular formula is C16H16BrN3O3. The molecule has 120 valence electrons. The summed E-state index contributed by atoms with van der Waals surface area (Å²) in [5.41, 5.74) is 1.79. The van der Waals surface area contributed by atoms with Gasteiger partial charge in [0.05, 0.1) is 4.47 Å². The molecule has 7 heteroatoms. The number of hydrogen-bond donors (Lipinski definition) is 2. The van der Waals surface area contributed by atoms with Gasteiger partial charge < -0.3 is 10.0 Å². The van der Waals surface area contributed by atoms with E-state index in [2.05, 4.69) is 26.1 Å². The van der Waals surface area contributed by atoms with E-state index in [0.29, 0.717) is 10.2 Å². The zero-order valence-electron chi connectivity index (χ0n) is 12.5. The molecule has 1 fully saturated rings. The molecule has 0 saturated heterocycles. The summed E-state index contributed by atoms with van der Waals surface area (Å²) >= 11 is 3.42. The van der Waals surface area contributed by atoms with Gasteiger partial charge >= 0.3 is 5.97 Å². The van der Waals surface area contributed by atoms with E-state index in [0.717, 1.165) is 18.4 Å². The maximum absolute atomic E-state index is 12.8. The van der Waals surface area contributed by atoms with Crippen molar-refractivity contribution in [3.05, 3.63) is 40.5 Å². The van der Waals surface area contributed by atoms with Gasteiger partial charge in [0.2, 0.25) is 0 Å². The molecule has 1 amide bonds. The molecule has 0 radical (unpaired) electrons. The molecule has 1 atom stereocenters. The predicted octanol–water partition coefficient (Wildman–Crippen LogP) is 2.92. The third kappa shape index (κ3) is 3.01. The summed E-state index contributed by atoms with van der Waals surface area (Å²) < 4.78 is 0.553. The van der Waals surface area contributed by atoms with E-state index in [9.17, 15) is 14.7 Å². The molecule has 2 N–H and O–H groups in total. The van der Waals surface area contributed by atoms with E-state index in [1.54, 1.807) is 0 Å². The second-order valence-electron chi connectivity index (χ2n) is 5.59. The van der Waals surface area contributed by atoms with Crippen LogP contribution in [0.25, 0.3) is 11.3 Å². The highest BCUT2D eigenvalue weighted by atomic mass is 79.9. The van der Waals surface area contributed by atoms with Gasteiger partial charge in [-0.3, -0.25) is 9.89 Å². The summed E-state index contributed by atoms with van der Waals surface area (Å²) in [6.45, 7) is 1.53. The summed E-state index contributed by atoms with van der Waals surface area (Å²) in [7, 11) is 0. The maximum atomic E-state index is 12.8. The Morgan fingerprint density at radius 2 is 2.00 bits per heavy atom. The molecule has 0 spiro atoms. The highest BCUT2D eigenvalue weighted by Crippen LogP contribution is 2.34. The summed E-state index contributed by atoms with van der Waals surface area (Å²) in [5.74, 6) is -1.35. The SMILES string of the molecule is CC(C(=O)O)N(C(=O)c1[nH]nc(-c2ccccc2)c1Br)C1CC1. The van der Waals surface area contributed by atoms with E-state index in [-0.39, 0.29) is 17.6 Å². The van der Waals surface area contributed by atoms with Gasteiger partial charge in [0.1, 0.15) is 17.4 Å². The van der Waals surface area contributed by atoms with Crippen molar-refractivity contribution in [3.8, 4) is 11.3 Å². The predicted molar refractivity (Wildman–Crippen MR) is 88.0 cm³/mol. The molecular weight excluding hydrogens is 362 g/mol. The lowest BCUT2D eigenvalue weighted by molar-refractivity contribution is -0.141. The molecule has 0 bridgehead atoms. The van der Waals surface area contributed by atoms with Crippen molar-refractivity contribution in [2.75, 3.05) is 0 Å². The van der Waals surface area contributed by atoms with Crippen molar-refractivity contribution < 1.29 is 14.7 Å². The average molecular weight is 378 g/mol. The fraction of sp³-hybridized carbons (Fsp3) is 0.312. The van der Waals surface area contributed by atoms with Crippen LogP contribution in [0.4, 0.5) is 0 Å². The second kappa shape index (κ2) is 6.16. The second-order valence-corrected chi connectivity index (χ2v) is 6.38. The van der Waals surface area contributed by atoms with Gasteiger partial charge in [-0.1, -0.05) is 30.3 Å². The Labute approximate surface area is 141 Å². The van der Waals surface area contributed by atoms with E-state index < -0.39 is 12.0 Å². The van der Waals surface area contributed by atoms with Crippen LogP contribution in [0.3, 0.4) is 0 Å². The molecule has 1 unspecified atom stereocenters. The topological polar surface area (TPSA) is 86.3 Å². The van der Waals surface area contributed by atoms with Gasteiger partial charge in [-0.05, 0) is 35.7 Å². The minimum absolute atomic E-state index is 0.0102. The summed E-state index contributed by atoms with van der Waals surface area (Å²) in [6, 6.07) is 8.59. The highest BCUT2D eigenvalue weighted by molar-refractivity contribution is 9.10. The van der Waals surface area contributed by atoms with E-state index >= 15 is 0 Å². The first-order valence-corrected chi connectivity index (χ1v) is 8.14. The quantitative estimate of drug-likeness (QED) is 0.838. The van der Waals surface area contributed by atoms with Crippen LogP contribution < -0.4 is 0 Å². The number of aliphatic carboxylic acids is 1. The molecule has 2 aromatic rings. The number of carbonyl (C=O) groups excluding carboxylic acids is 1. The van der Waals surface area contributed by atoms with Crippen LogP contribution in [0, 0.1) is 0 Å². The zero-order chi connectivity index (χ0) is 16.6. The van der Waals surface area contributed by atoms with Crippen LogP contribution in [0.2, 0.25) is 0 Å². The van der Waals surface area contributed by atoms with Gasteiger partial charge in [0.25, 0.3) is 5.91 Å². The smallest absolute Gasteiger partial charge is 0.326 e. The largest absolute Gasteiger partial charge is 0.480 e. The van der Waals surface area contributed by atoms with Crippen molar-refractivity contribution in [2.45, 2.75) is 31.8 Å². The van der Waals surface area contributed by atoms with Crippen LogP contribution in [-0.2, 0) is 4.79 Å². The van der Waals surface area contributed by atoms with Crippen molar-refractivity contribution >= 4 is 27.8 Å². The number of H-pyrrole nitrogens is 1. The standard InChI is InChI=1S/C16H16BrN3O3/c1-9(16(22)23)20(11-7-8-11)15(21)14-12(17)13(18-19-14)10-5-3-2-4-6-10/h2-6,9,11H,7-8H2,1H3,(H,18,19)(H,22,23). The number of benzene rings is 1. The van der Waals surface area contributed by atoms with Crippen molar-refractivity contribution in [1.82, 2.24) is 15.1 Å². The first-order valence-electron chi connectivity index (χ1n) is 7.35. The lowest BCUT2D eigenvalue weighted by atomic mass is 10.1. The number of nitrogens with one attached hydrogen (secondary N) is 1. The van der Waals surface area contributed by atoms with Gasteiger partial charge in [0, 0.05) is 11.6 Å². The summed E-state index contributed by atoms with van der Waals surface area (Å²) in [5, 5.41) is 16.2. The Hall–Kier alpha value is -2.15. The number of nitrogens with zero attached hydrogens (tertiary/aromatic N) is 2. The first-order chi connectivity index (χ1) is 11.0. The van der Waals surface area contributed by atoms with Gasteiger partial charge in [-0.15, -0.1) is 0 Å². The number of carbonyl (C=O) groups is 2. The molecule has 23 heavy (non-hydrogen) atoms. The molecule has 1 aliphatic rings. The number of rotatable bonds is 5. The molecule has 1 heterocycles. The van der Waals surface area contributed by atoms with Crippen molar-refractivity contribution in [2.24, 2.45) is 0 Å². The highest BCUT2D eigenvalue weighted by Gasteiger charge is 2.40. The van der Waals surface area contributed by atoms with Crippen molar-refractivity contribution in [1.29, 1.82) is 0 Å². The molecule has 1 saturated carbocycles. The Balaban J connectivity index is 1.93. The molecule has 3 rings (SSSR count). The lowest BCUT2D eigenvalue weighted by Gasteiger charge is -2.25. The average Bonchev–Trinajstić information content (AvgIpc) is 3.29. The van der Waals surface area contributed by atoms with Gasteiger partial charge in [0.15, 0.2) is 0 Å². The van der Waals surface area contributed by atoms with Crippen LogP contribution in [0.15, 0.2) is 34.8 Å². The molecule has 6 nitrogen and oxygen atoms in total. The number of carboxylic acid groups (broad SMARTS) is 1. The Morgan fingerprint density at radius 1 is 1.35 bits per heavy atom. The van der Waals surface area contributed by atoms with E-state index in [4.69, 9.17) is 0 Å². The monoisotopic (exact) mass is 377 g/mol. The normalized spacial score (nSPS) is 15.2. The zero-order valence-corrected chi connectivity index (χ0v) is 14.1. The summed E-state index contributed by atoms with van der Waals surface area (Å²) in [4.78, 5) is 25.5. The fourth-order valence-electron chi connectivity index (χ4n) is 2.52. The van der Waals surface area contributed by atoms with E-state index in [1.807, 2.05) is 30.3 Å². The van der Waals surface area contributed by atoms with Crippen LogP contribution >= 0.6 is 15.9 Å². The number of carboxylic acids is 1. The Bertz CT molecular complexity index is 740. The fourth-order valence-corrected chi connectivity index (χ4v) is 3.09. The molecule has 1 aromatic heterocycles. The minimum Gasteiger partial charge on any atom is -0.480 e. The maximum Gasteiger partial charge on any atom is 0.326 e. The van der Waals surface area contributed by atoms with Crippen LogP contribution in [0.1, 0.15) is 30.3 Å². The van der Waals surface area contributed by atoms with Crippen LogP contribution in [0.5, 0.6) is 0 Å². The number of aromatic amines is 1. The van der Waals surface area contributed by atoms with Gasteiger partial charge in [-0.2, -0.15) is 5.10 Å². The number of aromatic nitrogens is 2. The van der Waals surface area contributed by atoms with Gasteiger partial charge in [-0.25, -0.2) is 4.79 Å². The lowest BCUT2D eigenvalue weighted by Crippen LogP contribution is -2.45. The third-order valence-corrected chi connectivity index (χ3v) is 4.69. The molecule has 1 aliphatic carbocycles. The minimum atomic E-state index is -1.01. The Morgan fingerprint density at radius 3 is 2.57 bits per heavy atom. The van der Waals surface area contributed by atoms with Crippen molar-refractivity contribution in [3.63, 3.8) is 0 Å². The Kier molecular flexibility index (Phi) is 4.21. The number of halogens is 1. The number of hydrogen-bond acceptors (Lipinski definition) is 3. The first kappa shape index (κ1) is 15.7. The third-order valence-electron chi connectivity index (χ3n) is 3.92. The molecule has 1 aromatic carbocycles. The van der Waals surface area contributed by atoms with Crippen LogP contribution in [-0.4, -0.2) is 44.2 Å². The van der Waals surface area contributed by atoms with E-state index in [1.165, 1.54) is 11.8 Å². The number of amides is 1. The molecule has 0 aliphatic heterocycles.